The average molecular weight is 259 g/mol. The summed E-state index contributed by atoms with van der Waals surface area (Å²) >= 11 is 1.58. The van der Waals surface area contributed by atoms with Crippen molar-refractivity contribution in [2.24, 2.45) is 0 Å². The van der Waals surface area contributed by atoms with Gasteiger partial charge in [0, 0.05) is 15.5 Å². The predicted molar refractivity (Wildman–Crippen MR) is 69.0 cm³/mol. The number of nitrogens with zero attached hydrogens (tertiary/aromatic N) is 1. The third kappa shape index (κ3) is 1.60. The van der Waals surface area contributed by atoms with E-state index >= 15 is 0 Å². The van der Waals surface area contributed by atoms with Crippen LogP contribution in [0.3, 0.4) is 0 Å². The van der Waals surface area contributed by atoms with E-state index in [4.69, 9.17) is 9.52 Å². The van der Waals surface area contributed by atoms with E-state index in [9.17, 15) is 4.79 Å². The van der Waals surface area contributed by atoms with Crippen LogP contribution in [0.4, 0.5) is 0 Å². The van der Waals surface area contributed by atoms with Crippen molar-refractivity contribution in [1.29, 1.82) is 0 Å². The first-order valence-corrected chi connectivity index (χ1v) is 6.22. The summed E-state index contributed by atoms with van der Waals surface area (Å²) < 4.78 is 6.57. The molecule has 0 bridgehead atoms. The number of carboxylic acids is 1. The lowest BCUT2D eigenvalue weighted by Crippen LogP contribution is -1.98. The van der Waals surface area contributed by atoms with E-state index in [1.165, 1.54) is 0 Å². The number of aryl methyl sites for hydroxylation is 1. The van der Waals surface area contributed by atoms with Gasteiger partial charge in [0.05, 0.1) is 5.56 Å². The molecule has 18 heavy (non-hydrogen) atoms. The summed E-state index contributed by atoms with van der Waals surface area (Å²) in [7, 11) is 0. The van der Waals surface area contributed by atoms with Gasteiger partial charge in [-0.1, -0.05) is 18.2 Å². The van der Waals surface area contributed by atoms with Gasteiger partial charge in [0.2, 0.25) is 5.89 Å². The molecule has 5 heteroatoms. The Morgan fingerprint density at radius 2 is 2.17 bits per heavy atom. The molecule has 0 atom stereocenters. The van der Waals surface area contributed by atoms with E-state index in [1.54, 1.807) is 18.3 Å². The third-order valence-electron chi connectivity index (χ3n) is 2.71. The summed E-state index contributed by atoms with van der Waals surface area (Å²) in [6, 6.07) is 7.89. The van der Waals surface area contributed by atoms with Crippen LogP contribution in [0.2, 0.25) is 0 Å². The lowest BCUT2D eigenvalue weighted by Gasteiger charge is -1.92. The molecule has 1 aromatic carbocycles. The fourth-order valence-electron chi connectivity index (χ4n) is 1.85. The number of carbonyl (C=O) groups is 1. The number of aromatic nitrogens is 1. The number of carboxylic acid groups (broad SMARTS) is 1. The maximum atomic E-state index is 10.9. The molecule has 2 aromatic heterocycles. The molecule has 0 radical (unpaired) electrons. The standard InChI is InChI=1S/C13H9NO3S/c1-7-11(13(15)16)14-12(17-7)9-6-18-10-5-3-2-4-8(9)10/h2-6H,1H3,(H,15,16). The van der Waals surface area contributed by atoms with Crippen LogP contribution in [0, 0.1) is 6.92 Å². The molecule has 0 fully saturated rings. The molecule has 0 amide bonds. The second-order valence-electron chi connectivity index (χ2n) is 3.87. The zero-order chi connectivity index (χ0) is 12.7. The molecule has 0 aliphatic carbocycles. The van der Waals surface area contributed by atoms with Crippen molar-refractivity contribution in [3.05, 3.63) is 41.1 Å². The van der Waals surface area contributed by atoms with Gasteiger partial charge in [0.1, 0.15) is 5.76 Å². The Balaban J connectivity index is 2.20. The molecule has 4 nitrogen and oxygen atoms in total. The Bertz CT molecular complexity index is 742. The molecular formula is C13H9NO3S. The zero-order valence-electron chi connectivity index (χ0n) is 9.51. The number of hydrogen-bond acceptors (Lipinski definition) is 4. The summed E-state index contributed by atoms with van der Waals surface area (Å²) in [5.41, 5.74) is 0.812. The zero-order valence-corrected chi connectivity index (χ0v) is 10.3. The van der Waals surface area contributed by atoms with Gasteiger partial charge in [-0.25, -0.2) is 9.78 Å². The molecule has 3 aromatic rings. The summed E-state index contributed by atoms with van der Waals surface area (Å²) in [5, 5.41) is 11.9. The van der Waals surface area contributed by atoms with Crippen molar-refractivity contribution in [1.82, 2.24) is 4.98 Å². The molecule has 2 heterocycles. The number of thiophene rings is 1. The van der Waals surface area contributed by atoms with Crippen molar-refractivity contribution in [2.45, 2.75) is 6.92 Å². The highest BCUT2D eigenvalue weighted by Crippen LogP contribution is 2.34. The fourth-order valence-corrected chi connectivity index (χ4v) is 2.79. The molecule has 0 saturated carbocycles. The lowest BCUT2D eigenvalue weighted by molar-refractivity contribution is 0.0689. The first-order valence-electron chi connectivity index (χ1n) is 5.34. The van der Waals surface area contributed by atoms with Crippen LogP contribution in [0.5, 0.6) is 0 Å². The first kappa shape index (κ1) is 11.0. The Labute approximate surface area is 107 Å². The van der Waals surface area contributed by atoms with Crippen molar-refractivity contribution >= 4 is 27.4 Å². The Hall–Kier alpha value is -2.14. The second kappa shape index (κ2) is 3.96. The van der Waals surface area contributed by atoms with Gasteiger partial charge >= 0.3 is 5.97 Å². The minimum absolute atomic E-state index is 0.0275. The molecule has 0 aliphatic rings. The first-order chi connectivity index (χ1) is 8.66. The van der Waals surface area contributed by atoms with Crippen LogP contribution in [0.25, 0.3) is 21.5 Å². The fraction of sp³-hybridized carbons (Fsp3) is 0.0769. The van der Waals surface area contributed by atoms with Crippen molar-refractivity contribution < 1.29 is 14.3 Å². The predicted octanol–water partition coefficient (Wildman–Crippen LogP) is 3.56. The number of hydrogen-bond donors (Lipinski definition) is 1. The van der Waals surface area contributed by atoms with Crippen molar-refractivity contribution in [3.63, 3.8) is 0 Å². The summed E-state index contributed by atoms with van der Waals surface area (Å²) in [6.45, 7) is 1.61. The van der Waals surface area contributed by atoms with Gasteiger partial charge < -0.3 is 9.52 Å². The van der Waals surface area contributed by atoms with Crippen molar-refractivity contribution in [2.75, 3.05) is 0 Å². The van der Waals surface area contributed by atoms with Gasteiger partial charge in [-0.3, -0.25) is 0 Å². The monoisotopic (exact) mass is 259 g/mol. The Morgan fingerprint density at radius 1 is 1.39 bits per heavy atom. The largest absolute Gasteiger partial charge is 0.476 e. The molecule has 0 saturated heterocycles. The minimum atomic E-state index is -1.07. The summed E-state index contributed by atoms with van der Waals surface area (Å²) in [6.07, 6.45) is 0. The molecule has 90 valence electrons. The van der Waals surface area contributed by atoms with Gasteiger partial charge in [-0.05, 0) is 13.0 Å². The van der Waals surface area contributed by atoms with Gasteiger partial charge in [-0.15, -0.1) is 11.3 Å². The van der Waals surface area contributed by atoms with Crippen LogP contribution in [0.15, 0.2) is 34.1 Å². The summed E-state index contributed by atoms with van der Waals surface area (Å²) in [4.78, 5) is 15.0. The number of oxazole rings is 1. The van der Waals surface area contributed by atoms with E-state index in [2.05, 4.69) is 4.98 Å². The Morgan fingerprint density at radius 3 is 2.89 bits per heavy atom. The number of rotatable bonds is 2. The average Bonchev–Trinajstić information content (AvgIpc) is 2.92. The van der Waals surface area contributed by atoms with E-state index in [1.807, 2.05) is 29.6 Å². The maximum absolute atomic E-state index is 10.9. The van der Waals surface area contributed by atoms with Gasteiger partial charge in [-0.2, -0.15) is 0 Å². The smallest absolute Gasteiger partial charge is 0.358 e. The quantitative estimate of drug-likeness (QED) is 0.764. The third-order valence-corrected chi connectivity index (χ3v) is 3.67. The number of aromatic carboxylic acids is 1. The van der Waals surface area contributed by atoms with Crippen LogP contribution in [0.1, 0.15) is 16.2 Å². The molecule has 0 spiro atoms. The maximum Gasteiger partial charge on any atom is 0.358 e. The highest BCUT2D eigenvalue weighted by Gasteiger charge is 2.18. The normalized spacial score (nSPS) is 10.9. The van der Waals surface area contributed by atoms with Crippen molar-refractivity contribution in [3.8, 4) is 11.5 Å². The van der Waals surface area contributed by atoms with Crippen LogP contribution in [-0.2, 0) is 0 Å². The second-order valence-corrected chi connectivity index (χ2v) is 4.79. The molecule has 1 N–H and O–H groups in total. The SMILES string of the molecule is Cc1oc(-c2csc3ccccc23)nc1C(=O)O. The van der Waals surface area contributed by atoms with E-state index in [0.717, 1.165) is 15.6 Å². The topological polar surface area (TPSA) is 63.3 Å². The van der Waals surface area contributed by atoms with Gasteiger partial charge in [0.25, 0.3) is 0 Å². The van der Waals surface area contributed by atoms with Crippen LogP contribution >= 0.6 is 11.3 Å². The molecular weight excluding hydrogens is 250 g/mol. The highest BCUT2D eigenvalue weighted by atomic mass is 32.1. The molecule has 0 aliphatic heterocycles. The molecule has 3 rings (SSSR count). The Kier molecular flexibility index (Phi) is 2.41. The number of benzene rings is 1. The van der Waals surface area contributed by atoms with Crippen LogP contribution < -0.4 is 0 Å². The lowest BCUT2D eigenvalue weighted by atomic mass is 10.2. The van der Waals surface area contributed by atoms with E-state index in [-0.39, 0.29) is 5.69 Å². The van der Waals surface area contributed by atoms with Crippen LogP contribution in [-0.4, -0.2) is 16.1 Å². The highest BCUT2D eigenvalue weighted by molar-refractivity contribution is 7.17. The minimum Gasteiger partial charge on any atom is -0.476 e. The van der Waals surface area contributed by atoms with E-state index in [0.29, 0.717) is 11.7 Å². The molecule has 0 unspecified atom stereocenters. The van der Waals surface area contributed by atoms with Gasteiger partial charge in [0.15, 0.2) is 5.69 Å². The van der Waals surface area contributed by atoms with E-state index < -0.39 is 5.97 Å². The number of fused-ring (bicyclic) bond motifs is 1. The summed E-state index contributed by atoms with van der Waals surface area (Å²) in [5.74, 6) is -0.378.